The van der Waals surface area contributed by atoms with Crippen molar-refractivity contribution in [3.63, 3.8) is 0 Å². The molecule has 0 spiro atoms. The smallest absolute Gasteiger partial charge is 0.0757 e. The summed E-state index contributed by atoms with van der Waals surface area (Å²) in [5.74, 6) is 0. The molecular formula is C17H28N2O. The van der Waals surface area contributed by atoms with Gasteiger partial charge in [-0.05, 0) is 45.2 Å². The van der Waals surface area contributed by atoms with Crippen LogP contribution in [0.3, 0.4) is 0 Å². The Morgan fingerprint density at radius 1 is 1.40 bits per heavy atom. The molecule has 0 radical (unpaired) electrons. The van der Waals surface area contributed by atoms with Crippen LogP contribution in [0.2, 0.25) is 0 Å². The molecule has 1 heterocycles. The Kier molecular flexibility index (Phi) is 4.84. The molecule has 0 aromatic heterocycles. The second-order valence-electron chi connectivity index (χ2n) is 6.68. The highest BCUT2D eigenvalue weighted by atomic mass is 16.5. The van der Waals surface area contributed by atoms with Crippen LogP contribution in [0.4, 0.5) is 0 Å². The Balaban J connectivity index is 1.90. The summed E-state index contributed by atoms with van der Waals surface area (Å²) in [5, 5.41) is 0. The Morgan fingerprint density at radius 2 is 2.10 bits per heavy atom. The number of aryl methyl sites for hydroxylation is 1. The summed E-state index contributed by atoms with van der Waals surface area (Å²) in [6.45, 7) is 11.6. The van der Waals surface area contributed by atoms with Crippen molar-refractivity contribution in [2.45, 2.75) is 51.9 Å². The van der Waals surface area contributed by atoms with Gasteiger partial charge in [-0.15, -0.1) is 0 Å². The first kappa shape index (κ1) is 15.5. The Hall–Kier alpha value is -0.900. The van der Waals surface area contributed by atoms with E-state index in [4.69, 9.17) is 10.5 Å². The first-order chi connectivity index (χ1) is 9.37. The van der Waals surface area contributed by atoms with Gasteiger partial charge in [0.05, 0.1) is 11.7 Å². The van der Waals surface area contributed by atoms with Gasteiger partial charge in [0, 0.05) is 25.7 Å². The summed E-state index contributed by atoms with van der Waals surface area (Å²) < 4.78 is 5.94. The molecule has 2 N–H and O–H groups in total. The van der Waals surface area contributed by atoms with E-state index in [2.05, 4.69) is 56.9 Å². The van der Waals surface area contributed by atoms with Crippen molar-refractivity contribution in [1.82, 2.24) is 4.90 Å². The van der Waals surface area contributed by atoms with Gasteiger partial charge in [-0.2, -0.15) is 0 Å². The van der Waals surface area contributed by atoms with Crippen LogP contribution >= 0.6 is 0 Å². The van der Waals surface area contributed by atoms with Crippen LogP contribution in [0.25, 0.3) is 0 Å². The average Bonchev–Trinajstić information content (AvgIpc) is 2.34. The lowest BCUT2D eigenvalue weighted by Gasteiger charge is -2.42. The number of morpholine rings is 1. The number of hydrogen-bond acceptors (Lipinski definition) is 3. The fourth-order valence-electron chi connectivity index (χ4n) is 3.24. The van der Waals surface area contributed by atoms with Crippen LogP contribution in [0.15, 0.2) is 24.3 Å². The summed E-state index contributed by atoms with van der Waals surface area (Å²) in [4.78, 5) is 2.48. The van der Waals surface area contributed by atoms with E-state index in [1.807, 2.05) is 0 Å². The third-order valence-electron chi connectivity index (χ3n) is 3.98. The summed E-state index contributed by atoms with van der Waals surface area (Å²) >= 11 is 0. The molecule has 20 heavy (non-hydrogen) atoms. The van der Waals surface area contributed by atoms with Gasteiger partial charge in [-0.1, -0.05) is 24.3 Å². The summed E-state index contributed by atoms with van der Waals surface area (Å²) in [7, 11) is 0. The minimum Gasteiger partial charge on any atom is -0.370 e. The lowest BCUT2D eigenvalue weighted by molar-refractivity contribution is -0.128. The van der Waals surface area contributed by atoms with Gasteiger partial charge in [0.15, 0.2) is 0 Å². The molecule has 0 amide bonds. The van der Waals surface area contributed by atoms with E-state index >= 15 is 0 Å². The zero-order valence-corrected chi connectivity index (χ0v) is 13.2. The Morgan fingerprint density at radius 3 is 2.75 bits per heavy atom. The van der Waals surface area contributed by atoms with Gasteiger partial charge in [0.1, 0.15) is 0 Å². The van der Waals surface area contributed by atoms with Gasteiger partial charge < -0.3 is 10.5 Å². The fraction of sp³-hybridized carbons (Fsp3) is 0.647. The number of hydrogen-bond donors (Lipinski definition) is 1. The number of rotatable bonds is 4. The average molecular weight is 276 g/mol. The van der Waals surface area contributed by atoms with Crippen LogP contribution < -0.4 is 5.73 Å². The maximum absolute atomic E-state index is 6.36. The van der Waals surface area contributed by atoms with E-state index in [1.54, 1.807) is 0 Å². The van der Waals surface area contributed by atoms with Crippen molar-refractivity contribution in [3.05, 3.63) is 35.4 Å². The predicted molar refractivity (Wildman–Crippen MR) is 83.8 cm³/mol. The number of ether oxygens (including phenoxy) is 1. The first-order valence-electron chi connectivity index (χ1n) is 7.59. The Bertz CT molecular complexity index is 444. The molecule has 1 aromatic carbocycles. The van der Waals surface area contributed by atoms with Crippen molar-refractivity contribution >= 4 is 0 Å². The number of nitrogens with zero attached hydrogens (tertiary/aromatic N) is 1. The third kappa shape index (κ3) is 4.05. The summed E-state index contributed by atoms with van der Waals surface area (Å²) in [5.41, 5.74) is 8.87. The van der Waals surface area contributed by atoms with E-state index in [9.17, 15) is 0 Å². The lowest BCUT2D eigenvalue weighted by atomic mass is 9.98. The van der Waals surface area contributed by atoms with Crippen molar-refractivity contribution in [1.29, 1.82) is 0 Å². The van der Waals surface area contributed by atoms with Gasteiger partial charge >= 0.3 is 0 Å². The predicted octanol–water partition coefficient (Wildman–Crippen LogP) is 2.88. The van der Waals surface area contributed by atoms with E-state index in [0.29, 0.717) is 6.10 Å². The molecule has 1 aliphatic rings. The SMILES string of the molecule is Cc1ccccc1C(N)CCN1CC(C)OC(C)(C)C1. The lowest BCUT2D eigenvalue weighted by Crippen LogP contribution is -2.52. The van der Waals surface area contributed by atoms with Crippen LogP contribution in [0.5, 0.6) is 0 Å². The largest absolute Gasteiger partial charge is 0.370 e. The van der Waals surface area contributed by atoms with E-state index < -0.39 is 0 Å². The minimum absolute atomic E-state index is 0.0512. The van der Waals surface area contributed by atoms with E-state index in [1.165, 1.54) is 11.1 Å². The third-order valence-corrected chi connectivity index (χ3v) is 3.98. The zero-order chi connectivity index (χ0) is 14.8. The summed E-state index contributed by atoms with van der Waals surface area (Å²) in [6.07, 6.45) is 1.29. The van der Waals surface area contributed by atoms with E-state index in [-0.39, 0.29) is 11.6 Å². The quantitative estimate of drug-likeness (QED) is 0.919. The number of nitrogens with two attached hydrogens (primary N) is 1. The van der Waals surface area contributed by atoms with Crippen LogP contribution in [0, 0.1) is 6.92 Å². The second-order valence-corrected chi connectivity index (χ2v) is 6.68. The highest BCUT2D eigenvalue weighted by Crippen LogP contribution is 2.23. The first-order valence-corrected chi connectivity index (χ1v) is 7.59. The molecule has 1 aliphatic heterocycles. The van der Waals surface area contributed by atoms with Gasteiger partial charge in [-0.3, -0.25) is 4.90 Å². The molecular weight excluding hydrogens is 248 g/mol. The topological polar surface area (TPSA) is 38.5 Å². The monoisotopic (exact) mass is 276 g/mol. The Labute approximate surface area is 123 Å². The van der Waals surface area contributed by atoms with Crippen LogP contribution in [-0.2, 0) is 4.74 Å². The van der Waals surface area contributed by atoms with Gasteiger partial charge in [0.2, 0.25) is 0 Å². The molecule has 1 saturated heterocycles. The molecule has 0 saturated carbocycles. The van der Waals surface area contributed by atoms with E-state index in [0.717, 1.165) is 26.1 Å². The van der Waals surface area contributed by atoms with Crippen molar-refractivity contribution in [3.8, 4) is 0 Å². The second kappa shape index (κ2) is 6.25. The molecule has 0 bridgehead atoms. The van der Waals surface area contributed by atoms with Crippen molar-refractivity contribution in [2.75, 3.05) is 19.6 Å². The molecule has 1 fully saturated rings. The van der Waals surface area contributed by atoms with Crippen LogP contribution in [0.1, 0.15) is 44.4 Å². The molecule has 2 rings (SSSR count). The molecule has 0 aliphatic carbocycles. The molecule has 3 nitrogen and oxygen atoms in total. The summed E-state index contributed by atoms with van der Waals surface area (Å²) in [6, 6.07) is 8.54. The molecule has 2 unspecified atom stereocenters. The normalized spacial score (nSPS) is 24.6. The van der Waals surface area contributed by atoms with Crippen molar-refractivity contribution in [2.24, 2.45) is 5.73 Å². The van der Waals surface area contributed by atoms with Crippen molar-refractivity contribution < 1.29 is 4.74 Å². The maximum Gasteiger partial charge on any atom is 0.0757 e. The molecule has 2 atom stereocenters. The minimum atomic E-state index is -0.0512. The molecule has 3 heteroatoms. The maximum atomic E-state index is 6.36. The molecule has 112 valence electrons. The van der Waals surface area contributed by atoms with Gasteiger partial charge in [-0.25, -0.2) is 0 Å². The highest BCUT2D eigenvalue weighted by molar-refractivity contribution is 5.28. The number of benzene rings is 1. The zero-order valence-electron chi connectivity index (χ0n) is 13.2. The fourth-order valence-corrected chi connectivity index (χ4v) is 3.24. The van der Waals surface area contributed by atoms with Crippen LogP contribution in [-0.4, -0.2) is 36.2 Å². The van der Waals surface area contributed by atoms with Gasteiger partial charge in [0.25, 0.3) is 0 Å². The highest BCUT2D eigenvalue weighted by Gasteiger charge is 2.31. The molecule has 1 aromatic rings. The standard InChI is InChI=1S/C17H28N2O/c1-13-7-5-6-8-15(13)16(18)9-10-19-11-14(2)20-17(3,4)12-19/h5-8,14,16H,9-12,18H2,1-4H3.